The lowest BCUT2D eigenvalue weighted by molar-refractivity contribution is 0.588. The summed E-state index contributed by atoms with van der Waals surface area (Å²) in [4.78, 5) is 0. The summed E-state index contributed by atoms with van der Waals surface area (Å²) in [5.41, 5.74) is 0. The van der Waals surface area contributed by atoms with Gasteiger partial charge in [0.2, 0.25) is 0 Å². The summed E-state index contributed by atoms with van der Waals surface area (Å²) in [5, 5.41) is 3.30. The van der Waals surface area contributed by atoms with Crippen molar-refractivity contribution in [2.45, 2.75) is 58.8 Å². The molecule has 0 aliphatic carbocycles. The van der Waals surface area contributed by atoms with Crippen molar-refractivity contribution in [3.05, 3.63) is 6.54 Å². The monoisotopic (exact) mass is 170 g/mol. The third kappa shape index (κ3) is 9.96. The molecule has 0 heterocycles. The molecule has 0 amide bonds. The van der Waals surface area contributed by atoms with Crippen molar-refractivity contribution in [2.75, 3.05) is 6.54 Å². The van der Waals surface area contributed by atoms with Crippen molar-refractivity contribution in [3.63, 3.8) is 0 Å². The maximum atomic E-state index is 3.30. The van der Waals surface area contributed by atoms with Crippen LogP contribution in [0.15, 0.2) is 0 Å². The van der Waals surface area contributed by atoms with E-state index in [9.17, 15) is 0 Å². The zero-order valence-corrected chi connectivity index (χ0v) is 8.73. The topological polar surface area (TPSA) is 12.0 Å². The molecule has 0 spiro atoms. The second-order valence-corrected chi connectivity index (χ2v) is 3.33. The largest absolute Gasteiger partial charge is 0.312 e. The smallest absolute Gasteiger partial charge is 0.0218 e. The Morgan fingerprint density at radius 2 is 1.58 bits per heavy atom. The fourth-order valence-electron chi connectivity index (χ4n) is 1.25. The van der Waals surface area contributed by atoms with Crippen LogP contribution in [-0.2, 0) is 0 Å². The Hall–Kier alpha value is -0.0400. The Bertz CT molecular complexity index is 61.4. The zero-order chi connectivity index (χ0) is 9.07. The molecule has 1 N–H and O–H groups in total. The average molecular weight is 170 g/mol. The van der Waals surface area contributed by atoms with E-state index in [4.69, 9.17) is 0 Å². The first-order valence-electron chi connectivity index (χ1n) is 5.46. The van der Waals surface area contributed by atoms with Gasteiger partial charge in [-0.25, -0.2) is 0 Å². The molecular formula is C11H24N. The quantitative estimate of drug-likeness (QED) is 0.522. The minimum Gasteiger partial charge on any atom is -0.312 e. The van der Waals surface area contributed by atoms with Gasteiger partial charge < -0.3 is 5.32 Å². The van der Waals surface area contributed by atoms with Crippen LogP contribution >= 0.6 is 0 Å². The van der Waals surface area contributed by atoms with Gasteiger partial charge in [0.25, 0.3) is 0 Å². The maximum Gasteiger partial charge on any atom is 0.0218 e. The van der Waals surface area contributed by atoms with Gasteiger partial charge in [-0.1, -0.05) is 46.0 Å². The van der Waals surface area contributed by atoms with E-state index in [0.717, 1.165) is 6.42 Å². The summed E-state index contributed by atoms with van der Waals surface area (Å²) in [6.45, 7) is 7.73. The molecule has 0 rings (SSSR count). The van der Waals surface area contributed by atoms with Gasteiger partial charge in [0.15, 0.2) is 0 Å². The van der Waals surface area contributed by atoms with Gasteiger partial charge in [-0.05, 0) is 19.4 Å². The summed E-state index contributed by atoms with van der Waals surface area (Å²) >= 11 is 0. The van der Waals surface area contributed by atoms with Crippen LogP contribution in [0.4, 0.5) is 0 Å². The van der Waals surface area contributed by atoms with Crippen molar-refractivity contribution >= 4 is 0 Å². The molecule has 0 fully saturated rings. The van der Waals surface area contributed by atoms with Crippen molar-refractivity contribution in [1.82, 2.24) is 5.32 Å². The zero-order valence-electron chi connectivity index (χ0n) is 8.73. The Morgan fingerprint density at radius 1 is 0.917 bits per heavy atom. The summed E-state index contributed by atoms with van der Waals surface area (Å²) in [7, 11) is 0. The molecule has 0 saturated heterocycles. The molecule has 0 aromatic rings. The molecule has 0 unspecified atom stereocenters. The lowest BCUT2D eigenvalue weighted by atomic mass is 10.1. The maximum absolute atomic E-state index is 3.30. The molecule has 0 atom stereocenters. The standard InChI is InChI=1S/C11H24N/c1-3-5-6-7-8-9-11-12-10-4-2/h10,12H,3-9,11H2,1-2H3. The number of hydrogen-bond donors (Lipinski definition) is 1. The van der Waals surface area contributed by atoms with E-state index in [0.29, 0.717) is 0 Å². The average Bonchev–Trinajstić information content (AvgIpc) is 2.10. The van der Waals surface area contributed by atoms with Gasteiger partial charge in [0.05, 0.1) is 0 Å². The Balaban J connectivity index is 2.73. The highest BCUT2D eigenvalue weighted by Crippen LogP contribution is 2.03. The van der Waals surface area contributed by atoms with Crippen LogP contribution in [0.2, 0.25) is 0 Å². The van der Waals surface area contributed by atoms with Gasteiger partial charge in [-0.2, -0.15) is 0 Å². The number of nitrogens with one attached hydrogen (secondary N) is 1. The third-order valence-corrected chi connectivity index (χ3v) is 2.02. The molecule has 12 heavy (non-hydrogen) atoms. The van der Waals surface area contributed by atoms with E-state index >= 15 is 0 Å². The van der Waals surface area contributed by atoms with Crippen LogP contribution in [0.3, 0.4) is 0 Å². The lowest BCUT2D eigenvalue weighted by Crippen LogP contribution is -2.10. The SMILES string of the molecule is CC[CH]NCCCCCCCC. The second-order valence-electron chi connectivity index (χ2n) is 3.33. The highest BCUT2D eigenvalue weighted by molar-refractivity contribution is 4.57. The molecule has 0 aliphatic heterocycles. The summed E-state index contributed by atoms with van der Waals surface area (Å²) < 4.78 is 0. The van der Waals surface area contributed by atoms with Crippen molar-refractivity contribution in [2.24, 2.45) is 0 Å². The van der Waals surface area contributed by atoms with Crippen LogP contribution in [0.25, 0.3) is 0 Å². The Kier molecular flexibility index (Phi) is 10.9. The molecule has 0 aromatic heterocycles. The predicted octanol–water partition coefficient (Wildman–Crippen LogP) is 3.51. The molecular weight excluding hydrogens is 146 g/mol. The first-order chi connectivity index (χ1) is 5.91. The molecule has 73 valence electrons. The second kappa shape index (κ2) is 11.0. The van der Waals surface area contributed by atoms with Crippen molar-refractivity contribution in [3.8, 4) is 0 Å². The minimum absolute atomic E-state index is 1.13. The van der Waals surface area contributed by atoms with E-state index in [-0.39, 0.29) is 0 Å². The number of unbranched alkanes of at least 4 members (excludes halogenated alkanes) is 5. The first-order valence-corrected chi connectivity index (χ1v) is 5.46. The predicted molar refractivity (Wildman–Crippen MR) is 56.0 cm³/mol. The van der Waals surface area contributed by atoms with Crippen LogP contribution < -0.4 is 5.32 Å². The molecule has 1 nitrogen and oxygen atoms in total. The van der Waals surface area contributed by atoms with Gasteiger partial charge in [-0.3, -0.25) is 0 Å². The van der Waals surface area contributed by atoms with Gasteiger partial charge >= 0.3 is 0 Å². The van der Waals surface area contributed by atoms with Crippen LogP contribution in [0, 0.1) is 6.54 Å². The van der Waals surface area contributed by atoms with Crippen LogP contribution in [-0.4, -0.2) is 6.54 Å². The molecule has 0 bridgehead atoms. The van der Waals surface area contributed by atoms with E-state index in [1.54, 1.807) is 0 Å². The van der Waals surface area contributed by atoms with Gasteiger partial charge in [0, 0.05) is 6.54 Å². The summed E-state index contributed by atoms with van der Waals surface area (Å²) in [6, 6.07) is 0. The van der Waals surface area contributed by atoms with E-state index in [1.165, 1.54) is 45.1 Å². The molecule has 0 saturated carbocycles. The van der Waals surface area contributed by atoms with E-state index < -0.39 is 0 Å². The highest BCUT2D eigenvalue weighted by atomic mass is 14.8. The summed E-state index contributed by atoms with van der Waals surface area (Å²) in [5.74, 6) is 0. The lowest BCUT2D eigenvalue weighted by Gasteiger charge is -2.01. The molecule has 1 radical (unpaired) electrons. The molecule has 0 aromatic carbocycles. The third-order valence-electron chi connectivity index (χ3n) is 2.02. The highest BCUT2D eigenvalue weighted by Gasteiger charge is 1.89. The number of rotatable bonds is 9. The Labute approximate surface area is 77.9 Å². The first kappa shape index (κ1) is 12.0. The van der Waals surface area contributed by atoms with Gasteiger partial charge in [0.1, 0.15) is 0 Å². The fraction of sp³-hybridized carbons (Fsp3) is 0.909. The minimum atomic E-state index is 1.13. The summed E-state index contributed by atoms with van der Waals surface area (Å²) in [6.07, 6.45) is 9.46. The van der Waals surface area contributed by atoms with E-state index in [1.807, 2.05) is 0 Å². The number of hydrogen-bond acceptors (Lipinski definition) is 1. The van der Waals surface area contributed by atoms with Crippen molar-refractivity contribution < 1.29 is 0 Å². The van der Waals surface area contributed by atoms with Gasteiger partial charge in [-0.15, -0.1) is 0 Å². The van der Waals surface area contributed by atoms with Crippen LogP contribution in [0.1, 0.15) is 58.8 Å². The van der Waals surface area contributed by atoms with Crippen molar-refractivity contribution in [1.29, 1.82) is 0 Å². The molecule has 0 aliphatic rings. The normalized spacial score (nSPS) is 10.5. The fourth-order valence-corrected chi connectivity index (χ4v) is 1.25. The van der Waals surface area contributed by atoms with E-state index in [2.05, 4.69) is 25.7 Å². The molecule has 1 heteroatoms. The Morgan fingerprint density at radius 3 is 2.25 bits per heavy atom. The van der Waals surface area contributed by atoms with Crippen LogP contribution in [0.5, 0.6) is 0 Å².